The molecule has 8 nitrogen and oxygen atoms in total. The van der Waals surface area contributed by atoms with Crippen LogP contribution in [0.5, 0.6) is 0 Å². The smallest absolute Gasteiger partial charge is 0.338 e. The molecule has 0 spiro atoms. The van der Waals surface area contributed by atoms with Crippen LogP contribution in [0.2, 0.25) is 0 Å². The average Bonchev–Trinajstić information content (AvgIpc) is 3.61. The van der Waals surface area contributed by atoms with Crippen LogP contribution in [0.25, 0.3) is 0 Å². The summed E-state index contributed by atoms with van der Waals surface area (Å²) in [6.45, 7) is 2.24. The Kier molecular flexibility index (Phi) is 6.92. The van der Waals surface area contributed by atoms with Gasteiger partial charge in [-0.1, -0.05) is 59.3 Å². The van der Waals surface area contributed by atoms with E-state index in [9.17, 15) is 14.7 Å². The monoisotopic (exact) mass is 502 g/mol. The number of amides is 1. The molecule has 3 heterocycles. The van der Waals surface area contributed by atoms with Gasteiger partial charge in [0.1, 0.15) is 12.3 Å². The number of aliphatic hydroxyl groups excluding tert-OH is 1. The Labute approximate surface area is 212 Å². The van der Waals surface area contributed by atoms with Gasteiger partial charge in [-0.05, 0) is 36.1 Å². The van der Waals surface area contributed by atoms with Crippen LogP contribution in [0, 0.1) is 6.92 Å². The molecule has 36 heavy (non-hydrogen) atoms. The summed E-state index contributed by atoms with van der Waals surface area (Å²) in [5, 5.41) is 21.3. The molecule has 3 atom stereocenters. The molecule has 5 rings (SSSR count). The lowest BCUT2D eigenvalue weighted by Crippen LogP contribution is -2.48. The van der Waals surface area contributed by atoms with Crippen molar-refractivity contribution < 1.29 is 19.4 Å². The third-order valence-electron chi connectivity index (χ3n) is 6.38. The lowest BCUT2D eigenvalue weighted by Gasteiger charge is -2.42. The van der Waals surface area contributed by atoms with E-state index in [1.54, 1.807) is 35.1 Å². The first-order valence-corrected chi connectivity index (χ1v) is 12.6. The van der Waals surface area contributed by atoms with Crippen molar-refractivity contribution in [2.24, 2.45) is 0 Å². The number of piperidine rings is 1. The van der Waals surface area contributed by atoms with Gasteiger partial charge in [0.25, 0.3) is 5.91 Å². The van der Waals surface area contributed by atoms with E-state index in [1.807, 2.05) is 59.7 Å². The fourth-order valence-corrected chi connectivity index (χ4v) is 5.11. The lowest BCUT2D eigenvalue weighted by atomic mass is 9.90. The number of hydrogen-bond donors (Lipinski definition) is 1. The van der Waals surface area contributed by atoms with Gasteiger partial charge in [-0.3, -0.25) is 4.79 Å². The van der Waals surface area contributed by atoms with Gasteiger partial charge in [0.15, 0.2) is 0 Å². The molecule has 0 aliphatic carbocycles. The minimum atomic E-state index is -0.745. The zero-order chi connectivity index (χ0) is 25.1. The third kappa shape index (κ3) is 5.07. The Morgan fingerprint density at radius 2 is 1.86 bits per heavy atom. The first-order valence-electron chi connectivity index (χ1n) is 11.7. The molecular formula is C27H26N4O4S. The van der Waals surface area contributed by atoms with Gasteiger partial charge < -0.3 is 14.7 Å². The van der Waals surface area contributed by atoms with E-state index < -0.39 is 18.1 Å². The third-order valence-corrected chi connectivity index (χ3v) is 7.24. The van der Waals surface area contributed by atoms with Gasteiger partial charge in [0, 0.05) is 13.0 Å². The van der Waals surface area contributed by atoms with E-state index in [-0.39, 0.29) is 25.1 Å². The number of aromatic nitrogens is 3. The number of rotatable bonds is 6. The lowest BCUT2D eigenvalue weighted by molar-refractivity contribution is -0.00170. The highest BCUT2D eigenvalue weighted by atomic mass is 32.1. The Morgan fingerprint density at radius 3 is 2.58 bits per heavy atom. The van der Waals surface area contributed by atoms with Crippen LogP contribution in [0.15, 0.2) is 78.3 Å². The molecule has 2 aromatic carbocycles. The second-order valence-electron chi connectivity index (χ2n) is 8.86. The number of benzene rings is 2. The molecule has 184 valence electrons. The highest BCUT2D eigenvalue weighted by molar-refractivity contribution is 7.12. The second-order valence-corrected chi connectivity index (χ2v) is 9.81. The van der Waals surface area contributed by atoms with Gasteiger partial charge >= 0.3 is 5.97 Å². The van der Waals surface area contributed by atoms with E-state index in [0.29, 0.717) is 22.6 Å². The molecule has 1 saturated heterocycles. The number of ether oxygens (including phenoxy) is 1. The molecule has 1 amide bonds. The highest BCUT2D eigenvalue weighted by Crippen LogP contribution is 2.37. The summed E-state index contributed by atoms with van der Waals surface area (Å²) in [6, 6.07) is 19.7. The van der Waals surface area contributed by atoms with Gasteiger partial charge in [0.05, 0.1) is 34.8 Å². The first kappa shape index (κ1) is 23.9. The van der Waals surface area contributed by atoms with E-state index in [0.717, 1.165) is 11.1 Å². The minimum Gasteiger partial charge on any atom is -0.455 e. The summed E-state index contributed by atoms with van der Waals surface area (Å²) in [6.07, 6.45) is 1.28. The van der Waals surface area contributed by atoms with Crippen LogP contribution in [-0.4, -0.2) is 49.5 Å². The largest absolute Gasteiger partial charge is 0.455 e. The number of esters is 1. The predicted molar refractivity (Wildman–Crippen MR) is 135 cm³/mol. The van der Waals surface area contributed by atoms with E-state index in [4.69, 9.17) is 4.74 Å². The maximum atomic E-state index is 13.5. The number of thiophene rings is 1. The standard InChI is InChI=1S/C27H26N4O4S/c1-18-9-11-19(12-10-18)22-14-24(32)23(16-30(22)26(33)25-8-5-13-36-25)31-15-21(28-29-31)17-35-27(34)20-6-3-2-4-7-20/h2-13,15,22-24,32H,14,16-17H2,1H3/t22-,23+,24+/m1/s1. The van der Waals surface area contributed by atoms with Crippen molar-refractivity contribution in [1.82, 2.24) is 19.9 Å². The Hall–Kier alpha value is -3.82. The average molecular weight is 503 g/mol. The van der Waals surface area contributed by atoms with Crippen molar-refractivity contribution in [2.75, 3.05) is 6.54 Å². The molecule has 1 aliphatic heterocycles. The molecule has 1 aliphatic rings. The summed E-state index contributed by atoms with van der Waals surface area (Å²) in [5.74, 6) is -0.527. The topological polar surface area (TPSA) is 97.5 Å². The van der Waals surface area contributed by atoms with Crippen molar-refractivity contribution in [3.63, 3.8) is 0 Å². The number of hydrogen-bond acceptors (Lipinski definition) is 7. The van der Waals surface area contributed by atoms with Crippen molar-refractivity contribution in [1.29, 1.82) is 0 Å². The van der Waals surface area contributed by atoms with E-state index >= 15 is 0 Å². The molecule has 1 N–H and O–H groups in total. The zero-order valence-electron chi connectivity index (χ0n) is 19.7. The van der Waals surface area contributed by atoms with Crippen LogP contribution >= 0.6 is 11.3 Å². The normalized spacial score (nSPS) is 19.7. The summed E-state index contributed by atoms with van der Waals surface area (Å²) in [4.78, 5) is 28.2. The fourth-order valence-electron chi connectivity index (χ4n) is 4.43. The molecule has 2 aromatic heterocycles. The van der Waals surface area contributed by atoms with Crippen LogP contribution in [0.4, 0.5) is 0 Å². The molecule has 4 aromatic rings. The van der Waals surface area contributed by atoms with Gasteiger partial charge in [0.2, 0.25) is 0 Å². The summed E-state index contributed by atoms with van der Waals surface area (Å²) < 4.78 is 6.92. The molecule has 0 saturated carbocycles. The Balaban J connectivity index is 1.34. The molecule has 9 heteroatoms. The van der Waals surface area contributed by atoms with Crippen molar-refractivity contribution in [2.45, 2.75) is 38.1 Å². The number of aliphatic hydroxyl groups is 1. The first-order chi connectivity index (χ1) is 17.5. The highest BCUT2D eigenvalue weighted by Gasteiger charge is 2.40. The van der Waals surface area contributed by atoms with Crippen LogP contribution in [-0.2, 0) is 11.3 Å². The van der Waals surface area contributed by atoms with Gasteiger partial charge in [-0.15, -0.1) is 16.4 Å². The molecule has 0 radical (unpaired) electrons. The number of nitrogens with zero attached hydrogens (tertiary/aromatic N) is 4. The maximum absolute atomic E-state index is 13.5. The summed E-state index contributed by atoms with van der Waals surface area (Å²) in [7, 11) is 0. The maximum Gasteiger partial charge on any atom is 0.338 e. The van der Waals surface area contributed by atoms with Crippen molar-refractivity contribution in [3.05, 3.63) is 106 Å². The minimum absolute atomic E-state index is 0.0413. The van der Waals surface area contributed by atoms with Crippen LogP contribution in [0.1, 0.15) is 55.4 Å². The molecule has 0 bridgehead atoms. The fraction of sp³-hybridized carbons (Fsp3) is 0.259. The number of carbonyl (C=O) groups excluding carboxylic acids is 2. The predicted octanol–water partition coefficient (Wildman–Crippen LogP) is 4.19. The second kappa shape index (κ2) is 10.4. The SMILES string of the molecule is Cc1ccc([C@H]2C[C@H](O)[C@@H](n3cc(COC(=O)c4ccccc4)nn3)CN2C(=O)c2cccs2)cc1. The van der Waals surface area contributed by atoms with Crippen molar-refractivity contribution >= 4 is 23.2 Å². The molecule has 1 fully saturated rings. The molecular weight excluding hydrogens is 476 g/mol. The number of likely N-dealkylation sites (tertiary alicyclic amines) is 1. The molecule has 0 unspecified atom stereocenters. The van der Waals surface area contributed by atoms with Gasteiger partial charge in [-0.2, -0.15) is 0 Å². The zero-order valence-corrected chi connectivity index (χ0v) is 20.5. The quantitative estimate of drug-likeness (QED) is 0.397. The van der Waals surface area contributed by atoms with E-state index in [1.165, 1.54) is 11.3 Å². The van der Waals surface area contributed by atoms with Crippen molar-refractivity contribution in [3.8, 4) is 0 Å². The summed E-state index contributed by atoms with van der Waals surface area (Å²) in [5.41, 5.74) is 3.03. The van der Waals surface area contributed by atoms with Crippen LogP contribution in [0.3, 0.4) is 0 Å². The van der Waals surface area contributed by atoms with Crippen LogP contribution < -0.4 is 0 Å². The Morgan fingerprint density at radius 1 is 1.08 bits per heavy atom. The van der Waals surface area contributed by atoms with Gasteiger partial charge in [-0.25, -0.2) is 9.48 Å². The summed E-state index contributed by atoms with van der Waals surface area (Å²) >= 11 is 1.40. The Bertz CT molecular complexity index is 1320. The number of carbonyl (C=O) groups is 2. The van der Waals surface area contributed by atoms with E-state index in [2.05, 4.69) is 10.3 Å². The number of aryl methyl sites for hydroxylation is 1.